The number of hydrogen-bond donors (Lipinski definition) is 2. The lowest BCUT2D eigenvalue weighted by atomic mass is 9.99. The molecule has 2 unspecified atom stereocenters. The summed E-state index contributed by atoms with van der Waals surface area (Å²) in [7, 11) is 1.52. The van der Waals surface area contributed by atoms with Crippen LogP contribution < -0.4 is 10.1 Å². The van der Waals surface area contributed by atoms with Crippen molar-refractivity contribution < 1.29 is 14.6 Å². The van der Waals surface area contributed by atoms with Crippen LogP contribution in [0.3, 0.4) is 0 Å². The van der Waals surface area contributed by atoms with E-state index in [-0.39, 0.29) is 5.75 Å². The first kappa shape index (κ1) is 15.4. The first-order chi connectivity index (χ1) is 9.65. The van der Waals surface area contributed by atoms with E-state index in [0.717, 1.165) is 31.6 Å². The van der Waals surface area contributed by atoms with Crippen molar-refractivity contribution in [2.24, 2.45) is 5.92 Å². The zero-order valence-electron chi connectivity index (χ0n) is 12.0. The largest absolute Gasteiger partial charge is 0.504 e. The summed E-state index contributed by atoms with van der Waals surface area (Å²) in [4.78, 5) is 0. The highest BCUT2D eigenvalue weighted by Crippen LogP contribution is 2.33. The fourth-order valence-corrected chi connectivity index (χ4v) is 2.92. The normalized spacial score (nSPS) is 22.1. The van der Waals surface area contributed by atoms with E-state index in [1.165, 1.54) is 7.11 Å². The van der Waals surface area contributed by atoms with Crippen LogP contribution in [-0.4, -0.2) is 31.5 Å². The van der Waals surface area contributed by atoms with E-state index >= 15 is 0 Å². The molecule has 2 rings (SSSR count). The van der Waals surface area contributed by atoms with E-state index in [1.807, 2.05) is 0 Å². The average molecular weight is 300 g/mol. The van der Waals surface area contributed by atoms with Gasteiger partial charge in [0.05, 0.1) is 13.2 Å². The molecule has 1 aliphatic heterocycles. The van der Waals surface area contributed by atoms with Crippen molar-refractivity contribution >= 4 is 11.6 Å². The van der Waals surface area contributed by atoms with E-state index in [1.54, 1.807) is 12.1 Å². The van der Waals surface area contributed by atoms with Gasteiger partial charge in [0.15, 0.2) is 11.5 Å². The molecular weight excluding hydrogens is 278 g/mol. The third kappa shape index (κ3) is 3.57. The molecular formula is C15H22ClNO3. The minimum Gasteiger partial charge on any atom is -0.504 e. The molecule has 0 saturated carbocycles. The molecule has 5 heteroatoms. The van der Waals surface area contributed by atoms with Crippen molar-refractivity contribution in [1.29, 1.82) is 0 Å². The summed E-state index contributed by atoms with van der Waals surface area (Å²) in [5.74, 6) is 1.10. The second-order valence-corrected chi connectivity index (χ2v) is 5.55. The number of phenolic OH excluding ortho intramolecular Hbond substituents is 1. The molecule has 1 fully saturated rings. The first-order valence-corrected chi connectivity index (χ1v) is 7.41. The Balaban J connectivity index is 1.92. The summed E-state index contributed by atoms with van der Waals surface area (Å²) in [6, 6.07) is 3.37. The Bertz CT molecular complexity index is 453. The highest BCUT2D eigenvalue weighted by atomic mass is 35.5. The zero-order valence-corrected chi connectivity index (χ0v) is 12.7. The van der Waals surface area contributed by atoms with E-state index in [4.69, 9.17) is 21.1 Å². The van der Waals surface area contributed by atoms with E-state index < -0.39 is 0 Å². The maximum absolute atomic E-state index is 10.1. The second-order valence-electron chi connectivity index (χ2n) is 5.11. The van der Waals surface area contributed by atoms with Crippen molar-refractivity contribution in [1.82, 2.24) is 5.32 Å². The number of aromatic hydroxyl groups is 1. The lowest BCUT2D eigenvalue weighted by Gasteiger charge is -2.18. The van der Waals surface area contributed by atoms with Gasteiger partial charge in [-0.15, -0.1) is 0 Å². The van der Waals surface area contributed by atoms with E-state index in [2.05, 4.69) is 12.2 Å². The van der Waals surface area contributed by atoms with Gasteiger partial charge in [0.2, 0.25) is 0 Å². The van der Waals surface area contributed by atoms with Gasteiger partial charge in [0.25, 0.3) is 0 Å². The molecule has 0 spiro atoms. The molecule has 2 atom stereocenters. The van der Waals surface area contributed by atoms with Gasteiger partial charge in [0, 0.05) is 36.3 Å². The Morgan fingerprint density at radius 2 is 2.30 bits per heavy atom. The van der Waals surface area contributed by atoms with Crippen LogP contribution in [0, 0.1) is 5.92 Å². The molecule has 1 heterocycles. The smallest absolute Gasteiger partial charge is 0.162 e. The summed E-state index contributed by atoms with van der Waals surface area (Å²) in [6.07, 6.45) is 2.49. The van der Waals surface area contributed by atoms with Gasteiger partial charge in [-0.25, -0.2) is 0 Å². The predicted octanol–water partition coefficient (Wildman–Crippen LogP) is 2.96. The highest BCUT2D eigenvalue weighted by Gasteiger charge is 2.26. The van der Waals surface area contributed by atoms with E-state index in [0.29, 0.717) is 29.3 Å². The molecule has 1 saturated heterocycles. The number of nitrogens with one attached hydrogen (secondary N) is 1. The van der Waals surface area contributed by atoms with Crippen LogP contribution in [0.15, 0.2) is 12.1 Å². The third-order valence-corrected chi connectivity index (χ3v) is 4.03. The Morgan fingerprint density at radius 1 is 1.50 bits per heavy atom. The van der Waals surface area contributed by atoms with Crippen molar-refractivity contribution in [3.05, 3.63) is 22.7 Å². The molecule has 112 valence electrons. The predicted molar refractivity (Wildman–Crippen MR) is 79.5 cm³/mol. The van der Waals surface area contributed by atoms with Crippen molar-refractivity contribution in [2.45, 2.75) is 32.4 Å². The molecule has 0 radical (unpaired) electrons. The number of phenols is 1. The van der Waals surface area contributed by atoms with Crippen LogP contribution in [0.2, 0.25) is 5.02 Å². The van der Waals surface area contributed by atoms with Gasteiger partial charge in [-0.05, 0) is 24.8 Å². The average Bonchev–Trinajstić information content (AvgIpc) is 2.89. The van der Waals surface area contributed by atoms with Crippen LogP contribution in [-0.2, 0) is 11.3 Å². The Labute approximate surface area is 125 Å². The lowest BCUT2D eigenvalue weighted by Crippen LogP contribution is -2.28. The first-order valence-electron chi connectivity index (χ1n) is 7.03. The fourth-order valence-electron chi connectivity index (χ4n) is 2.69. The summed E-state index contributed by atoms with van der Waals surface area (Å²) in [5, 5.41) is 14.0. The van der Waals surface area contributed by atoms with Crippen LogP contribution in [0.4, 0.5) is 0 Å². The lowest BCUT2D eigenvalue weighted by molar-refractivity contribution is 0.0872. The molecule has 1 aromatic rings. The quantitative estimate of drug-likeness (QED) is 0.848. The van der Waals surface area contributed by atoms with Crippen molar-refractivity contribution in [3.63, 3.8) is 0 Å². The van der Waals surface area contributed by atoms with Crippen molar-refractivity contribution in [2.75, 3.05) is 20.3 Å². The summed E-state index contributed by atoms with van der Waals surface area (Å²) in [5.41, 5.74) is 0.751. The standard InChI is InChI=1S/C15H22ClNO3/c1-3-13-10(4-5-20-13)8-17-9-11-6-12(16)7-14(19-2)15(11)18/h6-7,10,13,17-18H,3-5,8-9H2,1-2H3. The molecule has 0 amide bonds. The summed E-state index contributed by atoms with van der Waals surface area (Å²) >= 11 is 6.01. The number of rotatable bonds is 6. The Hall–Kier alpha value is -0.970. The summed E-state index contributed by atoms with van der Waals surface area (Å²) < 4.78 is 10.8. The molecule has 1 aliphatic rings. The SMILES string of the molecule is CCC1OCCC1CNCc1cc(Cl)cc(OC)c1O. The number of ether oxygens (including phenoxy) is 2. The number of hydrogen-bond acceptors (Lipinski definition) is 4. The van der Waals surface area contributed by atoms with Gasteiger partial charge >= 0.3 is 0 Å². The number of benzene rings is 1. The van der Waals surface area contributed by atoms with Gasteiger partial charge in [-0.1, -0.05) is 18.5 Å². The van der Waals surface area contributed by atoms with Crippen LogP contribution in [0.25, 0.3) is 0 Å². The monoisotopic (exact) mass is 299 g/mol. The second kappa shape index (κ2) is 7.16. The molecule has 0 aliphatic carbocycles. The van der Waals surface area contributed by atoms with Crippen LogP contribution >= 0.6 is 11.6 Å². The topological polar surface area (TPSA) is 50.7 Å². The van der Waals surface area contributed by atoms with Gasteiger partial charge in [0.1, 0.15) is 0 Å². The van der Waals surface area contributed by atoms with Crippen molar-refractivity contribution in [3.8, 4) is 11.5 Å². The number of halogens is 1. The fraction of sp³-hybridized carbons (Fsp3) is 0.600. The molecule has 1 aromatic carbocycles. The molecule has 0 aromatic heterocycles. The molecule has 0 bridgehead atoms. The van der Waals surface area contributed by atoms with Gasteiger partial charge in [-0.3, -0.25) is 0 Å². The van der Waals surface area contributed by atoms with Crippen LogP contribution in [0.1, 0.15) is 25.3 Å². The number of methoxy groups -OCH3 is 1. The summed E-state index contributed by atoms with van der Waals surface area (Å²) in [6.45, 7) is 4.44. The Morgan fingerprint density at radius 3 is 3.00 bits per heavy atom. The zero-order chi connectivity index (χ0) is 14.5. The van der Waals surface area contributed by atoms with Crippen LogP contribution in [0.5, 0.6) is 11.5 Å². The molecule has 4 nitrogen and oxygen atoms in total. The van der Waals surface area contributed by atoms with E-state index in [9.17, 15) is 5.11 Å². The highest BCUT2D eigenvalue weighted by molar-refractivity contribution is 6.30. The van der Waals surface area contributed by atoms with Gasteiger partial charge in [-0.2, -0.15) is 0 Å². The molecule has 2 N–H and O–H groups in total. The third-order valence-electron chi connectivity index (χ3n) is 3.81. The maximum atomic E-state index is 10.1. The minimum absolute atomic E-state index is 0.152. The minimum atomic E-state index is 0.152. The Kier molecular flexibility index (Phi) is 5.52. The molecule has 20 heavy (non-hydrogen) atoms. The maximum Gasteiger partial charge on any atom is 0.162 e. The van der Waals surface area contributed by atoms with Gasteiger partial charge < -0.3 is 19.9 Å².